The zero-order chi connectivity index (χ0) is 14.4. The summed E-state index contributed by atoms with van der Waals surface area (Å²) >= 11 is 1.65. The van der Waals surface area contributed by atoms with Crippen LogP contribution in [0.5, 0.6) is 0 Å². The fourth-order valence-corrected chi connectivity index (χ4v) is 3.36. The predicted molar refractivity (Wildman–Crippen MR) is 81.0 cm³/mol. The molecule has 2 N–H and O–H groups in total. The van der Waals surface area contributed by atoms with Gasteiger partial charge in [0.25, 0.3) is 0 Å². The first-order chi connectivity index (χ1) is 9.52. The van der Waals surface area contributed by atoms with E-state index in [1.807, 2.05) is 23.2 Å². The van der Waals surface area contributed by atoms with Gasteiger partial charge in [-0.2, -0.15) is 5.10 Å². The van der Waals surface area contributed by atoms with Crippen molar-refractivity contribution in [1.29, 1.82) is 0 Å². The van der Waals surface area contributed by atoms with Gasteiger partial charge in [-0.25, -0.2) is 9.97 Å². The van der Waals surface area contributed by atoms with Crippen molar-refractivity contribution in [2.45, 2.75) is 33.2 Å². The van der Waals surface area contributed by atoms with Crippen molar-refractivity contribution in [2.75, 3.05) is 5.73 Å². The molecule has 0 aliphatic carbocycles. The van der Waals surface area contributed by atoms with Gasteiger partial charge >= 0.3 is 0 Å². The van der Waals surface area contributed by atoms with Gasteiger partial charge in [0.1, 0.15) is 10.5 Å². The van der Waals surface area contributed by atoms with Crippen LogP contribution in [0.1, 0.15) is 36.3 Å². The summed E-state index contributed by atoms with van der Waals surface area (Å²) in [5, 5.41) is 7.60. The minimum atomic E-state index is 0.0545. The Morgan fingerprint density at radius 1 is 1.40 bits per heavy atom. The van der Waals surface area contributed by atoms with Crippen molar-refractivity contribution in [3.05, 3.63) is 21.8 Å². The van der Waals surface area contributed by atoms with E-state index in [4.69, 9.17) is 5.73 Å². The first-order valence-corrected chi connectivity index (χ1v) is 7.52. The molecule has 0 aliphatic heterocycles. The predicted octanol–water partition coefficient (Wildman–Crippen LogP) is 2.29. The third kappa shape index (κ3) is 1.81. The molecule has 1 atom stereocenters. The van der Waals surface area contributed by atoms with Crippen LogP contribution in [-0.4, -0.2) is 24.3 Å². The number of hydrogen-bond donors (Lipinski definition) is 1. The monoisotopic (exact) mass is 290 g/mol. The molecule has 0 fully saturated rings. The minimum Gasteiger partial charge on any atom is -0.369 e. The van der Waals surface area contributed by atoms with Crippen LogP contribution in [-0.2, 0) is 13.5 Å². The lowest BCUT2D eigenvalue weighted by molar-refractivity contribution is 0.630. The molecule has 0 aromatic carbocycles. The molecule has 0 saturated heterocycles. The molecule has 0 bridgehead atoms. The zero-order valence-corrected chi connectivity index (χ0v) is 12.9. The lowest BCUT2D eigenvalue weighted by Gasteiger charge is -2.13. The van der Waals surface area contributed by atoms with E-state index < -0.39 is 0 Å². The lowest BCUT2D eigenvalue weighted by Crippen LogP contribution is -2.12. The minimum absolute atomic E-state index is 0.0545. The Labute approximate surface area is 121 Å². The second kappa shape index (κ2) is 4.59. The number of nitrogens with two attached hydrogens (primary N) is 1. The van der Waals surface area contributed by atoms with Crippen LogP contribution in [0.25, 0.3) is 11.2 Å². The quantitative estimate of drug-likeness (QED) is 0.803. The van der Waals surface area contributed by atoms with Crippen molar-refractivity contribution in [1.82, 2.24) is 24.3 Å². The largest absolute Gasteiger partial charge is 0.369 e. The maximum Gasteiger partial charge on any atom is 0.203 e. The molecule has 0 amide bonds. The standard InChI is InChI=1S/C13H18N6S/c1-5-9-10-12(18(4)17-9)19(13(14)16-10)8(3)11-15-7(2)6-20-11/h6,8H,5H2,1-4H3,(H2,14,16). The van der Waals surface area contributed by atoms with E-state index in [-0.39, 0.29) is 6.04 Å². The summed E-state index contributed by atoms with van der Waals surface area (Å²) in [7, 11) is 1.93. The Balaban J connectivity index is 2.20. The maximum atomic E-state index is 6.12. The van der Waals surface area contributed by atoms with Gasteiger partial charge < -0.3 is 5.73 Å². The smallest absolute Gasteiger partial charge is 0.203 e. The summed E-state index contributed by atoms with van der Waals surface area (Å²) in [6.07, 6.45) is 0.846. The average Bonchev–Trinajstić information content (AvgIpc) is 3.05. The Morgan fingerprint density at radius 3 is 2.75 bits per heavy atom. The summed E-state index contributed by atoms with van der Waals surface area (Å²) in [6, 6.07) is 0.0545. The highest BCUT2D eigenvalue weighted by Crippen LogP contribution is 2.30. The van der Waals surface area contributed by atoms with E-state index in [1.165, 1.54) is 0 Å². The van der Waals surface area contributed by atoms with Gasteiger partial charge in [0.15, 0.2) is 5.65 Å². The van der Waals surface area contributed by atoms with Crippen LogP contribution in [0, 0.1) is 6.92 Å². The van der Waals surface area contributed by atoms with Crippen LogP contribution in [0.15, 0.2) is 5.38 Å². The molecule has 0 aliphatic rings. The van der Waals surface area contributed by atoms with Crippen LogP contribution < -0.4 is 5.73 Å². The summed E-state index contributed by atoms with van der Waals surface area (Å²) in [6.45, 7) is 6.16. The molecule has 1 unspecified atom stereocenters. The van der Waals surface area contributed by atoms with Crippen molar-refractivity contribution in [3.8, 4) is 0 Å². The van der Waals surface area contributed by atoms with Crippen molar-refractivity contribution in [2.24, 2.45) is 7.05 Å². The number of imidazole rings is 1. The molecule has 3 rings (SSSR count). The number of aromatic nitrogens is 5. The first kappa shape index (κ1) is 13.1. The van der Waals surface area contributed by atoms with Gasteiger partial charge in [0.2, 0.25) is 5.95 Å². The van der Waals surface area contributed by atoms with E-state index in [1.54, 1.807) is 11.3 Å². The molecule has 20 heavy (non-hydrogen) atoms. The highest BCUT2D eigenvalue weighted by atomic mass is 32.1. The van der Waals surface area contributed by atoms with Gasteiger partial charge in [0.05, 0.1) is 11.7 Å². The SMILES string of the molecule is CCc1nn(C)c2c1nc(N)n2C(C)c1nc(C)cs1. The number of nitrogen functional groups attached to an aromatic ring is 1. The molecule has 0 radical (unpaired) electrons. The second-order valence-corrected chi connectivity index (χ2v) is 5.83. The first-order valence-electron chi connectivity index (χ1n) is 6.64. The highest BCUT2D eigenvalue weighted by Gasteiger charge is 2.22. The molecular formula is C13H18N6S. The Hall–Kier alpha value is -1.89. The molecule has 6 nitrogen and oxygen atoms in total. The number of nitrogens with zero attached hydrogens (tertiary/aromatic N) is 5. The number of anilines is 1. The molecule has 3 heterocycles. The Bertz CT molecular complexity index is 765. The van der Waals surface area contributed by atoms with Crippen LogP contribution >= 0.6 is 11.3 Å². The third-order valence-corrected chi connectivity index (χ3v) is 4.61. The van der Waals surface area contributed by atoms with Gasteiger partial charge in [-0.15, -0.1) is 11.3 Å². The van der Waals surface area contributed by atoms with E-state index in [9.17, 15) is 0 Å². The van der Waals surface area contributed by atoms with E-state index in [2.05, 4.69) is 34.3 Å². The summed E-state index contributed by atoms with van der Waals surface area (Å²) in [5.74, 6) is 0.517. The topological polar surface area (TPSA) is 74.6 Å². The van der Waals surface area contributed by atoms with Crippen LogP contribution in [0.4, 0.5) is 5.95 Å². The summed E-state index contributed by atoms with van der Waals surface area (Å²) < 4.78 is 3.87. The molecule has 3 aromatic rings. The van der Waals surface area contributed by atoms with Crippen LogP contribution in [0.2, 0.25) is 0 Å². The fourth-order valence-electron chi connectivity index (χ4n) is 2.51. The van der Waals surface area contributed by atoms with E-state index in [0.717, 1.165) is 34.0 Å². The summed E-state index contributed by atoms with van der Waals surface area (Å²) in [5.41, 5.74) is 9.99. The molecular weight excluding hydrogens is 272 g/mol. The Morgan fingerprint density at radius 2 is 2.15 bits per heavy atom. The molecule has 0 spiro atoms. The van der Waals surface area contributed by atoms with Crippen LogP contribution in [0.3, 0.4) is 0 Å². The Kier molecular flexibility index (Phi) is 3.01. The van der Waals surface area contributed by atoms with E-state index >= 15 is 0 Å². The maximum absolute atomic E-state index is 6.12. The number of thiazole rings is 1. The average molecular weight is 290 g/mol. The zero-order valence-electron chi connectivity index (χ0n) is 12.1. The highest BCUT2D eigenvalue weighted by molar-refractivity contribution is 7.09. The van der Waals surface area contributed by atoms with Crippen molar-refractivity contribution in [3.63, 3.8) is 0 Å². The summed E-state index contributed by atoms with van der Waals surface area (Å²) in [4.78, 5) is 9.05. The van der Waals surface area contributed by atoms with Crippen molar-refractivity contribution < 1.29 is 0 Å². The molecule has 106 valence electrons. The molecule has 0 saturated carbocycles. The van der Waals surface area contributed by atoms with Crippen molar-refractivity contribution >= 4 is 28.4 Å². The third-order valence-electron chi connectivity index (χ3n) is 3.48. The number of rotatable bonds is 3. The normalized spacial score (nSPS) is 13.2. The van der Waals surface area contributed by atoms with Gasteiger partial charge in [-0.1, -0.05) is 6.92 Å². The number of fused-ring (bicyclic) bond motifs is 1. The second-order valence-electron chi connectivity index (χ2n) is 4.94. The number of hydrogen-bond acceptors (Lipinski definition) is 5. The number of aryl methyl sites for hydroxylation is 3. The van der Waals surface area contributed by atoms with Gasteiger partial charge in [-0.3, -0.25) is 9.25 Å². The lowest BCUT2D eigenvalue weighted by atomic mass is 10.3. The fraction of sp³-hybridized carbons (Fsp3) is 0.462. The van der Waals surface area contributed by atoms with E-state index in [0.29, 0.717) is 5.95 Å². The van der Waals surface area contributed by atoms with Gasteiger partial charge in [0, 0.05) is 18.1 Å². The molecule has 3 aromatic heterocycles. The van der Waals surface area contributed by atoms with Gasteiger partial charge in [-0.05, 0) is 20.3 Å². The molecule has 7 heteroatoms.